The van der Waals surface area contributed by atoms with E-state index in [1.54, 1.807) is 36.5 Å². The third-order valence-corrected chi connectivity index (χ3v) is 4.83. The Hall–Kier alpha value is -3.49. The lowest BCUT2D eigenvalue weighted by Gasteiger charge is -2.14. The molecule has 4 rings (SSSR count). The number of rotatable bonds is 5. The van der Waals surface area contributed by atoms with Gasteiger partial charge in [0.05, 0.1) is 17.6 Å². The van der Waals surface area contributed by atoms with Crippen molar-refractivity contribution in [3.63, 3.8) is 0 Å². The van der Waals surface area contributed by atoms with E-state index in [-0.39, 0.29) is 11.7 Å². The number of benzene rings is 1. The molecule has 144 valence electrons. The van der Waals surface area contributed by atoms with Gasteiger partial charge in [-0.15, -0.1) is 0 Å². The zero-order chi connectivity index (χ0) is 19.5. The Labute approximate surface area is 159 Å². The number of anilines is 1. The summed E-state index contributed by atoms with van der Waals surface area (Å²) in [7, 11) is 0. The number of fused-ring (bicyclic) bond motifs is 1. The first kappa shape index (κ1) is 17.9. The van der Waals surface area contributed by atoms with Crippen LogP contribution in [0, 0.1) is 0 Å². The Morgan fingerprint density at radius 3 is 2.71 bits per heavy atom. The SMILES string of the molecule is O=C(COC(=O)c1n[nH]c(=O)c2ccccc12)Nc1ccnn1C1CCCC1. The molecule has 0 unspecified atom stereocenters. The van der Waals surface area contributed by atoms with E-state index in [4.69, 9.17) is 4.74 Å². The van der Waals surface area contributed by atoms with Crippen LogP contribution in [-0.4, -0.2) is 38.5 Å². The van der Waals surface area contributed by atoms with Crippen molar-refractivity contribution < 1.29 is 14.3 Å². The number of esters is 1. The van der Waals surface area contributed by atoms with Gasteiger partial charge in [0.15, 0.2) is 12.3 Å². The topological polar surface area (TPSA) is 119 Å². The Morgan fingerprint density at radius 1 is 1.18 bits per heavy atom. The Bertz CT molecular complexity index is 1080. The quantitative estimate of drug-likeness (QED) is 0.653. The molecular weight excluding hydrogens is 362 g/mol. The summed E-state index contributed by atoms with van der Waals surface area (Å²) in [5.41, 5.74) is -0.441. The van der Waals surface area contributed by atoms with Crippen molar-refractivity contribution in [1.29, 1.82) is 0 Å². The van der Waals surface area contributed by atoms with Gasteiger partial charge in [0.2, 0.25) is 0 Å². The van der Waals surface area contributed by atoms with Crippen molar-refractivity contribution >= 4 is 28.5 Å². The van der Waals surface area contributed by atoms with Gasteiger partial charge < -0.3 is 10.1 Å². The minimum atomic E-state index is -0.785. The fourth-order valence-electron chi connectivity index (χ4n) is 3.50. The standard InChI is InChI=1S/C19H19N5O4/c25-16(21-15-9-10-20-24(15)12-5-1-2-6-12)11-28-19(27)17-13-7-3-4-8-14(13)18(26)23-22-17/h3-4,7-10,12H,1-2,5-6,11H2,(H,21,25)(H,23,26). The third-order valence-electron chi connectivity index (χ3n) is 4.83. The van der Waals surface area contributed by atoms with Gasteiger partial charge in [-0.3, -0.25) is 9.59 Å². The molecule has 0 radical (unpaired) electrons. The number of hydrogen-bond acceptors (Lipinski definition) is 6. The van der Waals surface area contributed by atoms with Crippen molar-refractivity contribution in [2.75, 3.05) is 11.9 Å². The van der Waals surface area contributed by atoms with Gasteiger partial charge in [-0.2, -0.15) is 10.2 Å². The number of amides is 1. The summed E-state index contributed by atoms with van der Waals surface area (Å²) in [6.07, 6.45) is 6.00. The van der Waals surface area contributed by atoms with Crippen molar-refractivity contribution in [2.24, 2.45) is 0 Å². The largest absolute Gasteiger partial charge is 0.451 e. The molecule has 9 nitrogen and oxygen atoms in total. The number of carbonyl (C=O) groups excluding carboxylic acids is 2. The number of aromatic amines is 1. The van der Waals surface area contributed by atoms with Crippen molar-refractivity contribution in [3.8, 4) is 0 Å². The van der Waals surface area contributed by atoms with Crippen LogP contribution in [0.5, 0.6) is 0 Å². The first-order chi connectivity index (χ1) is 13.6. The van der Waals surface area contributed by atoms with Crippen molar-refractivity contribution in [3.05, 3.63) is 52.6 Å². The summed E-state index contributed by atoms with van der Waals surface area (Å²) in [5.74, 6) is -0.672. The van der Waals surface area contributed by atoms with Crippen LogP contribution in [0.4, 0.5) is 5.82 Å². The molecule has 2 aromatic heterocycles. The van der Waals surface area contributed by atoms with Crippen LogP contribution >= 0.6 is 0 Å². The summed E-state index contributed by atoms with van der Waals surface area (Å²) in [6, 6.07) is 8.57. The van der Waals surface area contributed by atoms with Gasteiger partial charge in [0, 0.05) is 11.5 Å². The highest BCUT2D eigenvalue weighted by molar-refractivity contribution is 6.03. The number of carbonyl (C=O) groups is 2. The predicted octanol–water partition coefficient (Wildman–Crippen LogP) is 2.03. The maximum Gasteiger partial charge on any atom is 0.359 e. The lowest BCUT2D eigenvalue weighted by Crippen LogP contribution is -2.24. The molecule has 1 saturated carbocycles. The van der Waals surface area contributed by atoms with E-state index < -0.39 is 24.0 Å². The predicted molar refractivity (Wildman–Crippen MR) is 101 cm³/mol. The second kappa shape index (κ2) is 7.63. The maximum absolute atomic E-state index is 12.3. The second-order valence-electron chi connectivity index (χ2n) is 6.67. The van der Waals surface area contributed by atoms with E-state index in [2.05, 4.69) is 20.6 Å². The zero-order valence-electron chi connectivity index (χ0n) is 15.1. The number of ether oxygens (including phenoxy) is 1. The van der Waals surface area contributed by atoms with Gasteiger partial charge in [-0.05, 0) is 18.9 Å². The summed E-state index contributed by atoms with van der Waals surface area (Å²) in [5, 5.41) is 13.7. The van der Waals surface area contributed by atoms with Gasteiger partial charge in [0.1, 0.15) is 5.82 Å². The normalized spacial score (nSPS) is 14.3. The Kier molecular flexibility index (Phi) is 4.88. The van der Waals surface area contributed by atoms with Crippen LogP contribution in [0.3, 0.4) is 0 Å². The lowest BCUT2D eigenvalue weighted by molar-refractivity contribution is -0.119. The average Bonchev–Trinajstić information content (AvgIpc) is 3.38. The number of aromatic nitrogens is 4. The molecule has 2 N–H and O–H groups in total. The molecule has 0 bridgehead atoms. The summed E-state index contributed by atoms with van der Waals surface area (Å²) >= 11 is 0. The van der Waals surface area contributed by atoms with E-state index in [9.17, 15) is 14.4 Å². The summed E-state index contributed by atoms with van der Waals surface area (Å²) in [6.45, 7) is -0.468. The molecule has 3 aromatic rings. The second-order valence-corrected chi connectivity index (χ2v) is 6.67. The molecule has 1 aromatic carbocycles. The molecule has 28 heavy (non-hydrogen) atoms. The molecule has 2 heterocycles. The monoisotopic (exact) mass is 381 g/mol. The first-order valence-corrected chi connectivity index (χ1v) is 9.11. The van der Waals surface area contributed by atoms with Gasteiger partial charge in [-0.1, -0.05) is 31.0 Å². The lowest BCUT2D eigenvalue weighted by atomic mass is 10.1. The molecular formula is C19H19N5O4. The molecule has 1 amide bonds. The molecule has 1 fully saturated rings. The van der Waals surface area contributed by atoms with E-state index in [0.29, 0.717) is 16.6 Å². The fraction of sp³-hybridized carbons (Fsp3) is 0.316. The molecule has 9 heteroatoms. The highest BCUT2D eigenvalue weighted by atomic mass is 16.5. The van der Waals surface area contributed by atoms with Crippen LogP contribution in [-0.2, 0) is 9.53 Å². The minimum absolute atomic E-state index is 0.0426. The fourth-order valence-corrected chi connectivity index (χ4v) is 3.50. The van der Waals surface area contributed by atoms with Crippen molar-refractivity contribution in [2.45, 2.75) is 31.7 Å². The van der Waals surface area contributed by atoms with E-state index in [1.165, 1.54) is 0 Å². The van der Waals surface area contributed by atoms with E-state index >= 15 is 0 Å². The molecule has 0 atom stereocenters. The molecule has 0 saturated heterocycles. The number of nitrogens with zero attached hydrogens (tertiary/aromatic N) is 3. The number of hydrogen-bond donors (Lipinski definition) is 2. The average molecular weight is 381 g/mol. The Morgan fingerprint density at radius 2 is 1.93 bits per heavy atom. The van der Waals surface area contributed by atoms with Gasteiger partial charge in [-0.25, -0.2) is 14.6 Å². The molecule has 1 aliphatic rings. The highest BCUT2D eigenvalue weighted by Gasteiger charge is 2.21. The summed E-state index contributed by atoms with van der Waals surface area (Å²) in [4.78, 5) is 36.4. The first-order valence-electron chi connectivity index (χ1n) is 9.11. The number of nitrogens with one attached hydrogen (secondary N) is 2. The third kappa shape index (κ3) is 3.51. The minimum Gasteiger partial charge on any atom is -0.451 e. The maximum atomic E-state index is 12.3. The van der Waals surface area contributed by atoms with Crippen LogP contribution in [0.2, 0.25) is 0 Å². The smallest absolute Gasteiger partial charge is 0.359 e. The van der Waals surface area contributed by atoms with Crippen LogP contribution in [0.25, 0.3) is 10.8 Å². The van der Waals surface area contributed by atoms with Crippen molar-refractivity contribution in [1.82, 2.24) is 20.0 Å². The van der Waals surface area contributed by atoms with E-state index in [1.807, 2.05) is 4.68 Å². The Balaban J connectivity index is 1.42. The molecule has 0 aliphatic heterocycles. The highest BCUT2D eigenvalue weighted by Crippen LogP contribution is 2.31. The van der Waals surface area contributed by atoms with E-state index in [0.717, 1.165) is 25.7 Å². The van der Waals surface area contributed by atoms with Crippen LogP contribution < -0.4 is 10.9 Å². The van der Waals surface area contributed by atoms with Crippen LogP contribution in [0.15, 0.2) is 41.3 Å². The molecule has 0 spiro atoms. The summed E-state index contributed by atoms with van der Waals surface area (Å²) < 4.78 is 6.90. The zero-order valence-corrected chi connectivity index (χ0v) is 15.1. The molecule has 1 aliphatic carbocycles. The number of H-pyrrole nitrogens is 1. The van der Waals surface area contributed by atoms with Crippen LogP contribution in [0.1, 0.15) is 42.2 Å². The van der Waals surface area contributed by atoms with Gasteiger partial charge >= 0.3 is 5.97 Å². The van der Waals surface area contributed by atoms with Gasteiger partial charge in [0.25, 0.3) is 11.5 Å².